The van der Waals surface area contributed by atoms with Gasteiger partial charge in [0.25, 0.3) is 0 Å². The maximum absolute atomic E-state index is 8.58. The van der Waals surface area contributed by atoms with Crippen molar-refractivity contribution in [1.82, 2.24) is 0 Å². The third-order valence-corrected chi connectivity index (χ3v) is 0. The molecule has 0 rings (SSSR count). The van der Waals surface area contributed by atoms with Crippen molar-refractivity contribution in [1.29, 1.82) is 0 Å². The van der Waals surface area contributed by atoms with Crippen LogP contribution in [0.2, 0.25) is 0 Å². The van der Waals surface area contributed by atoms with Gasteiger partial charge in [-0.15, -0.1) is 0 Å². The van der Waals surface area contributed by atoms with Crippen molar-refractivity contribution in [2.24, 2.45) is 0 Å². The van der Waals surface area contributed by atoms with Crippen LogP contribution in [-0.2, 0) is 110 Å². The van der Waals surface area contributed by atoms with Crippen molar-refractivity contribution in [3.05, 3.63) is 0 Å². The Bertz CT molecular complexity index is 221. The van der Waals surface area contributed by atoms with Crippen molar-refractivity contribution in [2.75, 3.05) is 0 Å². The second-order valence-electron chi connectivity index (χ2n) is 1.25. The normalized spacial score (nSPS) is 5.42. The Morgan fingerprint density at radius 1 is 0.333 bits per heavy atom. The molecule has 24 heavy (non-hydrogen) atoms. The fourth-order valence-electron chi connectivity index (χ4n) is 0. The molecule has 24 heteroatoms. The first-order valence-corrected chi connectivity index (χ1v) is 12.6. The van der Waals surface area contributed by atoms with Gasteiger partial charge < -0.3 is 0 Å². The molecule has 0 atom stereocenters. The van der Waals surface area contributed by atoms with E-state index in [0.29, 0.717) is 0 Å². The first kappa shape index (κ1) is 57.7. The fourth-order valence-corrected chi connectivity index (χ4v) is 0. The third kappa shape index (κ3) is 457. The molecular formula is Ba2Bi2O15Ti5. The van der Waals surface area contributed by atoms with Crippen molar-refractivity contribution in [3.63, 3.8) is 0 Å². The summed E-state index contributed by atoms with van der Waals surface area (Å²) in [5, 5.41) is 0. The first-order chi connectivity index (χ1) is 8.66. The summed E-state index contributed by atoms with van der Waals surface area (Å²) in [6.07, 6.45) is 0. The van der Waals surface area contributed by atoms with Crippen LogP contribution in [0.25, 0.3) is 0 Å². The van der Waals surface area contributed by atoms with Crippen LogP contribution in [-0.4, -0.2) is 150 Å². The Morgan fingerprint density at radius 3 is 0.333 bits per heavy atom. The molecule has 0 aromatic carbocycles. The van der Waals surface area contributed by atoms with Gasteiger partial charge in [0.05, 0.1) is 0 Å². The molecule has 0 saturated heterocycles. The van der Waals surface area contributed by atoms with Gasteiger partial charge in [0.15, 0.2) is 0 Å². The van der Waals surface area contributed by atoms with E-state index in [1.54, 1.807) is 0 Å². The molecule has 15 nitrogen and oxygen atoms in total. The third-order valence-electron chi connectivity index (χ3n) is 0. The SMILES string of the molecule is [Ba+2].[Ba+2].[Bi+3].[Bi+3].[O]=[Ti]([O-])[O-].[O]=[Ti]([O-])[O-].[O]=[Ti]([O-])[O-].[O]=[Ti]([O-])[O-].[O]=[Ti]([O-])[O-]. The van der Waals surface area contributed by atoms with Crippen LogP contribution in [0.15, 0.2) is 0 Å². The van der Waals surface area contributed by atoms with Crippen LogP contribution in [0, 0.1) is 0 Å². The van der Waals surface area contributed by atoms with Crippen LogP contribution >= 0.6 is 0 Å². The van der Waals surface area contributed by atoms with Gasteiger partial charge >= 0.3 is 297 Å². The van der Waals surface area contributed by atoms with E-state index in [2.05, 4.69) is 0 Å². The van der Waals surface area contributed by atoms with Gasteiger partial charge in [-0.3, -0.25) is 0 Å². The molecule has 0 N–H and O–H groups in total. The molecule has 0 fully saturated rings. The topological polar surface area (TPSA) is 316 Å². The standard InChI is InChI=1S/2Ba.2Bi.15O.5Ti/q2*+2;2*+3;;;;;;10*-1;;;;;. The van der Waals surface area contributed by atoms with Crippen LogP contribution in [0.4, 0.5) is 0 Å². The molecule has 4 radical (unpaired) electrons. The second kappa shape index (κ2) is 52.2. The van der Waals surface area contributed by atoms with E-state index in [1.807, 2.05) is 0 Å². The molecule has 0 unspecified atom stereocenters. The summed E-state index contributed by atoms with van der Waals surface area (Å²) in [7, 11) is 0. The van der Waals surface area contributed by atoms with Crippen LogP contribution in [0.5, 0.6) is 0 Å². The summed E-state index contributed by atoms with van der Waals surface area (Å²) in [5.41, 5.74) is 0. The summed E-state index contributed by atoms with van der Waals surface area (Å²) < 4.78 is 129. The van der Waals surface area contributed by atoms with Gasteiger partial charge in [-0.25, -0.2) is 0 Å². The summed E-state index contributed by atoms with van der Waals surface area (Å²) in [4.78, 5) is 0. The monoisotopic (exact) mass is 1170 g/mol. The molecule has 0 aromatic rings. The minimum absolute atomic E-state index is 0. The molecule has 0 aliphatic carbocycles. The Morgan fingerprint density at radius 2 is 0.333 bits per heavy atom. The quantitative estimate of drug-likeness (QED) is 0.204. The van der Waals surface area contributed by atoms with E-state index in [4.69, 9.17) is 53.5 Å². The number of hydrogen-bond donors (Lipinski definition) is 0. The Balaban J connectivity index is -0.0000000161. The van der Waals surface area contributed by atoms with Crippen LogP contribution in [0.1, 0.15) is 0 Å². The van der Waals surface area contributed by atoms with E-state index < -0.39 is 93.1 Å². The van der Waals surface area contributed by atoms with E-state index in [-0.39, 0.29) is 150 Å². The molecule has 0 bridgehead atoms. The molecule has 0 heterocycles. The minimum atomic E-state index is -4.08. The second-order valence-corrected chi connectivity index (χ2v) is 5.15. The van der Waals surface area contributed by atoms with Gasteiger partial charge in [-0.05, 0) is 0 Å². The zero-order valence-electron chi connectivity index (χ0n) is 10.9. The van der Waals surface area contributed by atoms with Crippen molar-refractivity contribution >= 4 is 150 Å². The molecular weight excluding hydrogens is 1170 g/mol. The van der Waals surface area contributed by atoms with Crippen molar-refractivity contribution in [2.45, 2.75) is 0 Å². The van der Waals surface area contributed by atoms with Gasteiger partial charge in [-0.2, -0.15) is 0 Å². The van der Waals surface area contributed by atoms with Crippen molar-refractivity contribution < 1.29 is 147 Å². The van der Waals surface area contributed by atoms with Crippen LogP contribution < -0.4 is 36.9 Å². The average Bonchev–Trinajstić information content (AvgIpc) is 1.94. The Hall–Kier alpha value is 7.08. The number of hydrogen-bond acceptors (Lipinski definition) is 15. The molecule has 124 valence electrons. The van der Waals surface area contributed by atoms with Gasteiger partial charge in [0.1, 0.15) is 0 Å². The van der Waals surface area contributed by atoms with E-state index in [0.717, 1.165) is 0 Å². The predicted octanol–water partition coefficient (Wildman–Crippen LogP) is -14.0. The number of rotatable bonds is 0. The zero-order valence-corrected chi connectivity index (χ0v) is 34.6. The zero-order chi connectivity index (χ0) is 17.9. The first-order valence-electron chi connectivity index (χ1n) is 3.06. The van der Waals surface area contributed by atoms with Crippen molar-refractivity contribution in [3.8, 4) is 0 Å². The van der Waals surface area contributed by atoms with Gasteiger partial charge in [0.2, 0.25) is 0 Å². The Kier molecular flexibility index (Phi) is 125. The average molecular weight is 1170 g/mol. The summed E-state index contributed by atoms with van der Waals surface area (Å²) >= 11 is -20.4. The maximum atomic E-state index is 8.58. The molecule has 0 aliphatic heterocycles. The van der Waals surface area contributed by atoms with E-state index in [9.17, 15) is 0 Å². The molecule has 0 spiro atoms. The van der Waals surface area contributed by atoms with E-state index in [1.165, 1.54) is 0 Å². The summed E-state index contributed by atoms with van der Waals surface area (Å²) in [6, 6.07) is 0. The summed E-state index contributed by atoms with van der Waals surface area (Å²) in [5.74, 6) is 0. The van der Waals surface area contributed by atoms with E-state index >= 15 is 0 Å². The molecule has 0 saturated carbocycles. The molecule has 0 amide bonds. The van der Waals surface area contributed by atoms with Gasteiger partial charge in [0, 0.05) is 0 Å². The summed E-state index contributed by atoms with van der Waals surface area (Å²) in [6.45, 7) is 0. The molecule has 0 aromatic heterocycles. The fraction of sp³-hybridized carbons (Fsp3) is 0. The van der Waals surface area contributed by atoms with Gasteiger partial charge in [-0.1, -0.05) is 0 Å². The van der Waals surface area contributed by atoms with Crippen LogP contribution in [0.3, 0.4) is 0 Å². The predicted molar refractivity (Wildman–Crippen MR) is 26.4 cm³/mol. The Labute approximate surface area is 288 Å². The molecule has 0 aliphatic rings.